The highest BCUT2D eigenvalue weighted by Gasteiger charge is 2.17. The number of nitrogens with one attached hydrogen (secondary N) is 2. The molecule has 1 aliphatic heterocycles. The lowest BCUT2D eigenvalue weighted by atomic mass is 10.1. The lowest BCUT2D eigenvalue weighted by Gasteiger charge is -2.12. The predicted octanol–water partition coefficient (Wildman–Crippen LogP) is 3.41. The van der Waals surface area contributed by atoms with Gasteiger partial charge in [-0.3, -0.25) is 4.79 Å². The number of carbonyl (C=O) groups excluding carboxylic acids is 1. The first kappa shape index (κ1) is 13.0. The summed E-state index contributed by atoms with van der Waals surface area (Å²) in [5, 5.41) is 4.05. The van der Waals surface area contributed by atoms with E-state index < -0.39 is 0 Å². The Kier molecular flexibility index (Phi) is 2.89. The molecular formula is C18H17N3O. The largest absolute Gasteiger partial charge is 0.374 e. The number of nitrogens with zero attached hydrogens (tertiary/aromatic N) is 1. The molecule has 0 atom stereocenters. The lowest BCUT2D eigenvalue weighted by Crippen LogP contribution is -2.13. The second kappa shape index (κ2) is 4.91. The third-order valence-electron chi connectivity index (χ3n) is 4.30. The van der Waals surface area contributed by atoms with Gasteiger partial charge in [0.25, 0.3) is 5.91 Å². The van der Waals surface area contributed by atoms with Crippen LogP contribution in [0.3, 0.4) is 0 Å². The third-order valence-corrected chi connectivity index (χ3v) is 4.30. The summed E-state index contributed by atoms with van der Waals surface area (Å²) in [4.78, 5) is 17.9. The fraction of sp³-hybridized carbons (Fsp3) is 0.167. The molecule has 2 N–H and O–H groups in total. The van der Waals surface area contributed by atoms with Crippen molar-refractivity contribution >= 4 is 28.2 Å². The first-order valence-electron chi connectivity index (χ1n) is 7.44. The van der Waals surface area contributed by atoms with E-state index >= 15 is 0 Å². The molecule has 110 valence electrons. The van der Waals surface area contributed by atoms with Gasteiger partial charge in [0.1, 0.15) is 0 Å². The van der Waals surface area contributed by atoms with Crippen LogP contribution in [-0.2, 0) is 6.42 Å². The minimum Gasteiger partial charge on any atom is -0.374 e. The Morgan fingerprint density at radius 1 is 1.23 bits per heavy atom. The van der Waals surface area contributed by atoms with Crippen molar-refractivity contribution in [3.05, 3.63) is 59.8 Å². The van der Waals surface area contributed by atoms with Crippen molar-refractivity contribution < 1.29 is 4.79 Å². The molecule has 22 heavy (non-hydrogen) atoms. The number of rotatable bonds is 2. The molecule has 4 heteroatoms. The summed E-state index contributed by atoms with van der Waals surface area (Å²) in [6.45, 7) is 1.04. The van der Waals surface area contributed by atoms with Crippen molar-refractivity contribution in [1.29, 1.82) is 0 Å². The van der Waals surface area contributed by atoms with Crippen LogP contribution in [-0.4, -0.2) is 24.5 Å². The van der Waals surface area contributed by atoms with E-state index in [9.17, 15) is 4.79 Å². The molecule has 0 unspecified atom stereocenters. The van der Waals surface area contributed by atoms with Crippen molar-refractivity contribution in [2.24, 2.45) is 0 Å². The summed E-state index contributed by atoms with van der Waals surface area (Å²) in [5.41, 5.74) is 4.94. The number of H-pyrrole nitrogens is 1. The molecule has 0 radical (unpaired) electrons. The number of para-hydroxylation sites is 1. The number of hydrogen-bond donors (Lipinski definition) is 2. The average Bonchev–Trinajstić information content (AvgIpc) is 3.13. The fourth-order valence-electron chi connectivity index (χ4n) is 3.12. The zero-order chi connectivity index (χ0) is 15.1. The van der Waals surface area contributed by atoms with E-state index in [1.54, 1.807) is 0 Å². The molecule has 1 aliphatic rings. The molecule has 0 saturated carbocycles. The van der Waals surface area contributed by atoms with Crippen molar-refractivity contribution in [2.45, 2.75) is 6.42 Å². The van der Waals surface area contributed by atoms with Gasteiger partial charge < -0.3 is 15.2 Å². The minimum atomic E-state index is -0.0839. The van der Waals surface area contributed by atoms with Gasteiger partial charge in [0.15, 0.2) is 0 Å². The highest BCUT2D eigenvalue weighted by molar-refractivity contribution is 6.12. The monoisotopic (exact) mass is 291 g/mol. The van der Waals surface area contributed by atoms with Crippen LogP contribution >= 0.6 is 0 Å². The Morgan fingerprint density at radius 3 is 3.05 bits per heavy atom. The maximum Gasteiger partial charge on any atom is 0.257 e. The third kappa shape index (κ3) is 2.04. The number of fused-ring (bicyclic) bond motifs is 2. The van der Waals surface area contributed by atoms with Crippen LogP contribution < -0.4 is 10.2 Å². The Morgan fingerprint density at radius 2 is 2.14 bits per heavy atom. The molecule has 2 aromatic carbocycles. The number of aromatic nitrogens is 1. The number of amides is 1. The first-order chi connectivity index (χ1) is 10.7. The molecule has 4 nitrogen and oxygen atoms in total. The van der Waals surface area contributed by atoms with Gasteiger partial charge in [-0.05, 0) is 42.3 Å². The van der Waals surface area contributed by atoms with Gasteiger partial charge in [-0.2, -0.15) is 0 Å². The highest BCUT2D eigenvalue weighted by atomic mass is 16.1. The van der Waals surface area contributed by atoms with Crippen LogP contribution in [0.25, 0.3) is 10.9 Å². The number of benzene rings is 2. The zero-order valence-corrected chi connectivity index (χ0v) is 12.4. The van der Waals surface area contributed by atoms with Gasteiger partial charge >= 0.3 is 0 Å². The first-order valence-corrected chi connectivity index (χ1v) is 7.44. The Hall–Kier alpha value is -2.75. The van der Waals surface area contributed by atoms with Gasteiger partial charge in [-0.1, -0.05) is 12.1 Å². The summed E-state index contributed by atoms with van der Waals surface area (Å²) in [7, 11) is 2.09. The van der Waals surface area contributed by atoms with Crippen molar-refractivity contribution in [2.75, 3.05) is 23.8 Å². The fourth-order valence-corrected chi connectivity index (χ4v) is 3.12. The normalized spacial score (nSPS) is 13.4. The molecule has 2 heterocycles. The quantitative estimate of drug-likeness (QED) is 0.760. The van der Waals surface area contributed by atoms with Crippen LogP contribution in [0.15, 0.2) is 48.7 Å². The SMILES string of the molecule is CN1CCc2cc(NC(=O)c3cccc4cc[nH]c34)ccc21. The van der Waals surface area contributed by atoms with E-state index in [1.165, 1.54) is 11.3 Å². The average molecular weight is 291 g/mol. The van der Waals surface area contributed by atoms with Gasteiger partial charge in [-0.25, -0.2) is 0 Å². The van der Waals surface area contributed by atoms with E-state index in [0.717, 1.165) is 29.6 Å². The maximum atomic E-state index is 12.5. The highest BCUT2D eigenvalue weighted by Crippen LogP contribution is 2.29. The van der Waals surface area contributed by atoms with E-state index in [-0.39, 0.29) is 5.91 Å². The maximum absolute atomic E-state index is 12.5. The lowest BCUT2D eigenvalue weighted by molar-refractivity contribution is 0.102. The van der Waals surface area contributed by atoms with Crippen molar-refractivity contribution in [1.82, 2.24) is 4.98 Å². The molecule has 0 saturated heterocycles. The molecule has 4 rings (SSSR count). The van der Waals surface area contributed by atoms with Gasteiger partial charge in [0.05, 0.1) is 11.1 Å². The van der Waals surface area contributed by atoms with Gasteiger partial charge in [-0.15, -0.1) is 0 Å². The van der Waals surface area contributed by atoms with Crippen molar-refractivity contribution in [3.8, 4) is 0 Å². The second-order valence-corrected chi connectivity index (χ2v) is 5.72. The molecule has 0 bridgehead atoms. The summed E-state index contributed by atoms with van der Waals surface area (Å²) < 4.78 is 0. The van der Waals surface area contributed by atoms with Gasteiger partial charge in [0.2, 0.25) is 0 Å². The molecule has 0 spiro atoms. The van der Waals surface area contributed by atoms with Crippen LogP contribution in [0.4, 0.5) is 11.4 Å². The Labute approximate surface area is 128 Å². The predicted molar refractivity (Wildman–Crippen MR) is 89.7 cm³/mol. The number of carbonyl (C=O) groups is 1. The summed E-state index contributed by atoms with van der Waals surface area (Å²) in [6, 6.07) is 13.8. The number of hydrogen-bond acceptors (Lipinski definition) is 2. The van der Waals surface area contributed by atoms with Gasteiger partial charge in [0, 0.05) is 36.6 Å². The zero-order valence-electron chi connectivity index (χ0n) is 12.4. The second-order valence-electron chi connectivity index (χ2n) is 5.72. The summed E-state index contributed by atoms with van der Waals surface area (Å²) in [6.07, 6.45) is 2.88. The molecule has 1 amide bonds. The van der Waals surface area contributed by atoms with Crippen LogP contribution in [0.2, 0.25) is 0 Å². The van der Waals surface area contributed by atoms with E-state index in [4.69, 9.17) is 0 Å². The smallest absolute Gasteiger partial charge is 0.257 e. The minimum absolute atomic E-state index is 0.0839. The Balaban J connectivity index is 1.64. The number of likely N-dealkylation sites (N-methyl/N-ethyl adjacent to an activating group) is 1. The molecule has 1 aromatic heterocycles. The Bertz CT molecular complexity index is 866. The molecule has 0 fully saturated rings. The summed E-state index contributed by atoms with van der Waals surface area (Å²) >= 11 is 0. The topological polar surface area (TPSA) is 48.1 Å². The van der Waals surface area contributed by atoms with Crippen LogP contribution in [0.5, 0.6) is 0 Å². The molecular weight excluding hydrogens is 274 g/mol. The number of aromatic amines is 1. The standard InChI is InChI=1S/C18H17N3O/c1-21-10-8-13-11-14(5-6-16(13)21)20-18(22)15-4-2-3-12-7-9-19-17(12)15/h2-7,9,11,19H,8,10H2,1H3,(H,20,22). The van der Waals surface area contributed by atoms with E-state index in [0.29, 0.717) is 5.56 Å². The number of anilines is 2. The summed E-state index contributed by atoms with van der Waals surface area (Å²) in [5.74, 6) is -0.0839. The molecule has 0 aliphatic carbocycles. The molecule has 3 aromatic rings. The van der Waals surface area contributed by atoms with E-state index in [1.807, 2.05) is 36.5 Å². The van der Waals surface area contributed by atoms with Crippen LogP contribution in [0.1, 0.15) is 15.9 Å². The van der Waals surface area contributed by atoms with Crippen molar-refractivity contribution in [3.63, 3.8) is 0 Å². The van der Waals surface area contributed by atoms with E-state index in [2.05, 4.69) is 34.4 Å². The van der Waals surface area contributed by atoms with Crippen LogP contribution in [0, 0.1) is 0 Å².